The van der Waals surface area contributed by atoms with Crippen LogP contribution in [0.4, 0.5) is 0 Å². The molecule has 9 rings (SSSR count). The van der Waals surface area contributed by atoms with Gasteiger partial charge in [-0.3, -0.25) is 5.32 Å². The summed E-state index contributed by atoms with van der Waals surface area (Å²) in [6.07, 6.45) is 33.7. The average Bonchev–Trinajstić information content (AvgIpc) is 3.91. The van der Waals surface area contributed by atoms with Crippen molar-refractivity contribution in [3.8, 4) is 6.07 Å². The molecule has 4 heterocycles. The van der Waals surface area contributed by atoms with Gasteiger partial charge in [0.05, 0.1) is 11.4 Å². The second kappa shape index (κ2) is 14.0. The normalized spacial score (nSPS) is 45.9. The van der Waals surface area contributed by atoms with Crippen LogP contribution in [0, 0.1) is 46.8 Å². The van der Waals surface area contributed by atoms with E-state index in [2.05, 4.69) is 71.9 Å². The third kappa shape index (κ3) is 6.23. The molecule has 0 aromatic rings. The highest BCUT2D eigenvalue weighted by atomic mass is 32.2. The Bertz CT molecular complexity index is 1360. The molecule has 5 aliphatic carbocycles. The lowest BCUT2D eigenvalue weighted by molar-refractivity contribution is 0.169. The highest BCUT2D eigenvalue weighted by molar-refractivity contribution is 8.01. The Morgan fingerprint density at radius 2 is 1.60 bits per heavy atom. The number of nitrogens with zero attached hydrogens (tertiary/aromatic N) is 2. The van der Waals surface area contributed by atoms with Gasteiger partial charge in [-0.15, -0.1) is 11.8 Å². The molecule has 4 aliphatic heterocycles. The fourth-order valence-corrected chi connectivity index (χ4v) is 17.7. The Kier molecular flexibility index (Phi) is 9.66. The molecule has 3 saturated carbocycles. The predicted molar refractivity (Wildman–Crippen MR) is 207 cm³/mol. The molecule has 6 heteroatoms. The van der Waals surface area contributed by atoms with Crippen LogP contribution in [0.25, 0.3) is 0 Å². The first-order valence-electron chi connectivity index (χ1n) is 20.2. The number of thioether (sulfide) groups is 3. The van der Waals surface area contributed by atoms with Gasteiger partial charge in [-0.2, -0.15) is 28.8 Å². The molecule has 0 amide bonds. The van der Waals surface area contributed by atoms with E-state index in [1.54, 1.807) is 5.70 Å². The second-order valence-electron chi connectivity index (χ2n) is 17.4. The summed E-state index contributed by atoms with van der Waals surface area (Å²) in [6, 6.07) is 3.43. The Morgan fingerprint density at radius 1 is 0.896 bits per heavy atom. The van der Waals surface area contributed by atoms with Crippen LogP contribution in [-0.2, 0) is 0 Å². The van der Waals surface area contributed by atoms with Gasteiger partial charge in [0.1, 0.15) is 0 Å². The van der Waals surface area contributed by atoms with Crippen molar-refractivity contribution < 1.29 is 0 Å². The minimum atomic E-state index is 0.365. The zero-order valence-corrected chi connectivity index (χ0v) is 32.0. The number of fused-ring (bicyclic) bond motifs is 5. The number of nitriles is 1. The molecule has 1 N–H and O–H groups in total. The summed E-state index contributed by atoms with van der Waals surface area (Å²) >= 11 is 6.93. The largest absolute Gasteiger partial charge is 0.346 e. The Hall–Kier alpha value is -0.740. The second-order valence-corrected chi connectivity index (χ2v) is 21.7. The number of hydrogen-bond donors (Lipinski definition) is 1. The summed E-state index contributed by atoms with van der Waals surface area (Å²) in [7, 11) is 0. The molecule has 0 radical (unpaired) electrons. The van der Waals surface area contributed by atoms with E-state index in [0.29, 0.717) is 28.6 Å². The van der Waals surface area contributed by atoms with E-state index < -0.39 is 0 Å². The molecule has 6 fully saturated rings. The minimum Gasteiger partial charge on any atom is -0.346 e. The van der Waals surface area contributed by atoms with Crippen molar-refractivity contribution >= 4 is 35.3 Å². The summed E-state index contributed by atoms with van der Waals surface area (Å²) < 4.78 is 0. The van der Waals surface area contributed by atoms with Crippen molar-refractivity contribution in [2.24, 2.45) is 35.5 Å². The monoisotopic (exact) mass is 701 g/mol. The molecule has 14 unspecified atom stereocenters. The van der Waals surface area contributed by atoms with Gasteiger partial charge in [0.25, 0.3) is 0 Å². The predicted octanol–water partition coefficient (Wildman–Crippen LogP) is 10.6. The summed E-state index contributed by atoms with van der Waals surface area (Å²) in [4.78, 5) is 3.00. The lowest BCUT2D eigenvalue weighted by atomic mass is 9.71. The van der Waals surface area contributed by atoms with Gasteiger partial charge in [-0.05, 0) is 132 Å². The van der Waals surface area contributed by atoms with Crippen molar-refractivity contribution in [2.45, 2.75) is 167 Å². The first kappa shape index (κ1) is 33.1. The van der Waals surface area contributed by atoms with Gasteiger partial charge in [-0.25, -0.2) is 0 Å². The highest BCUT2D eigenvalue weighted by Gasteiger charge is 2.50. The van der Waals surface area contributed by atoms with Crippen LogP contribution in [0.1, 0.15) is 123 Å². The SMILES string of the molecule is C/C(=C\CC(C)C1NC2C=CC(C#N)=CC2S1)N1C2=C(CCC(C3CC4CCCCC4S3)C2)C2CCC(C3CC4CCCCC4S3)CC21. The quantitative estimate of drug-likeness (QED) is 0.297. The van der Waals surface area contributed by atoms with E-state index in [-0.39, 0.29) is 0 Å². The Morgan fingerprint density at radius 3 is 2.33 bits per heavy atom. The zero-order valence-electron chi connectivity index (χ0n) is 29.5. The smallest absolute Gasteiger partial charge is 0.0988 e. The topological polar surface area (TPSA) is 39.1 Å². The molecular weight excluding hydrogens is 643 g/mol. The molecular formula is C42H59N3S3. The molecule has 260 valence electrons. The van der Waals surface area contributed by atoms with Crippen LogP contribution in [0.5, 0.6) is 0 Å². The highest BCUT2D eigenvalue weighted by Crippen LogP contribution is 2.58. The van der Waals surface area contributed by atoms with Crippen molar-refractivity contribution in [1.29, 1.82) is 5.26 Å². The molecule has 0 aromatic carbocycles. The van der Waals surface area contributed by atoms with E-state index in [1.807, 2.05) is 29.1 Å². The van der Waals surface area contributed by atoms with E-state index in [1.165, 1.54) is 103 Å². The van der Waals surface area contributed by atoms with Gasteiger partial charge in [0.2, 0.25) is 0 Å². The molecule has 48 heavy (non-hydrogen) atoms. The van der Waals surface area contributed by atoms with Crippen LogP contribution in [0.3, 0.4) is 0 Å². The number of allylic oxidation sites excluding steroid dienone is 5. The standard InChI is InChI=1S/C42H59N3S3/c1-25(42-44-34-18-13-27(24-43)19-41(34)48-42)11-12-26(2)45-35-20-30(39-22-28-7-3-5-9-37(28)46-39)14-16-32(35)33-17-15-31(21-36(33)45)40-23-29-8-4-6-10-38(29)47-40/h12-13,18-19,25,28-32,34-35,37-42,44H,3-11,14-17,20-23H2,1-2H3/b26-12+. The molecule has 0 spiro atoms. The number of hydrogen-bond acceptors (Lipinski definition) is 6. The van der Waals surface area contributed by atoms with Crippen LogP contribution < -0.4 is 5.32 Å². The van der Waals surface area contributed by atoms with Crippen molar-refractivity contribution in [3.05, 3.63) is 46.8 Å². The summed E-state index contributed by atoms with van der Waals surface area (Å²) in [6.45, 7) is 4.94. The van der Waals surface area contributed by atoms with E-state index in [9.17, 15) is 5.26 Å². The summed E-state index contributed by atoms with van der Waals surface area (Å²) in [5.74, 6) is 5.23. The molecule has 3 saturated heterocycles. The van der Waals surface area contributed by atoms with Gasteiger partial charge in [0.15, 0.2) is 0 Å². The minimum absolute atomic E-state index is 0.365. The van der Waals surface area contributed by atoms with Crippen molar-refractivity contribution in [1.82, 2.24) is 10.2 Å². The first-order valence-corrected chi connectivity index (χ1v) is 23.1. The third-order valence-corrected chi connectivity index (χ3v) is 20.1. The molecule has 0 aromatic heterocycles. The Labute approximate surface area is 304 Å². The van der Waals surface area contributed by atoms with Crippen molar-refractivity contribution in [3.63, 3.8) is 0 Å². The first-order chi connectivity index (χ1) is 23.5. The van der Waals surface area contributed by atoms with Crippen molar-refractivity contribution in [2.75, 3.05) is 0 Å². The molecule has 14 atom stereocenters. The lowest BCUT2D eigenvalue weighted by Gasteiger charge is -2.41. The van der Waals surface area contributed by atoms with Crippen LogP contribution in [0.2, 0.25) is 0 Å². The zero-order chi connectivity index (χ0) is 32.4. The molecule has 3 nitrogen and oxygen atoms in total. The van der Waals surface area contributed by atoms with Crippen LogP contribution >= 0.6 is 35.3 Å². The maximum atomic E-state index is 9.44. The van der Waals surface area contributed by atoms with Crippen LogP contribution in [-0.4, -0.2) is 48.6 Å². The summed E-state index contributed by atoms with van der Waals surface area (Å²) in [5.41, 5.74) is 6.11. The number of nitrogens with one attached hydrogen (secondary N) is 1. The molecule has 9 aliphatic rings. The van der Waals surface area contributed by atoms with Gasteiger partial charge in [-0.1, -0.05) is 50.8 Å². The van der Waals surface area contributed by atoms with Gasteiger partial charge < -0.3 is 4.90 Å². The number of rotatable bonds is 6. The maximum absolute atomic E-state index is 9.44. The average molecular weight is 702 g/mol. The summed E-state index contributed by atoms with van der Waals surface area (Å²) in [5, 5.41) is 18.0. The lowest BCUT2D eigenvalue weighted by Crippen LogP contribution is -2.40. The third-order valence-electron chi connectivity index (χ3n) is 14.7. The fraction of sp³-hybridized carbons (Fsp3) is 0.786. The van der Waals surface area contributed by atoms with E-state index in [0.717, 1.165) is 62.6 Å². The maximum Gasteiger partial charge on any atom is 0.0988 e. The van der Waals surface area contributed by atoms with E-state index in [4.69, 9.17) is 0 Å². The van der Waals surface area contributed by atoms with Gasteiger partial charge in [0, 0.05) is 61.2 Å². The molecule has 0 bridgehead atoms. The van der Waals surface area contributed by atoms with E-state index >= 15 is 0 Å². The Balaban J connectivity index is 0.930. The fourth-order valence-electron chi connectivity index (χ4n) is 12.1. The van der Waals surface area contributed by atoms with Gasteiger partial charge >= 0.3 is 0 Å². The van der Waals surface area contributed by atoms with Crippen LogP contribution in [0.15, 0.2) is 46.8 Å².